The van der Waals surface area contributed by atoms with Gasteiger partial charge in [-0.3, -0.25) is 14.5 Å². The van der Waals surface area contributed by atoms with Crippen molar-refractivity contribution in [3.8, 4) is 11.4 Å². The Bertz CT molecular complexity index is 767. The molecule has 2 heterocycles. The molecule has 1 amide bonds. The fourth-order valence-electron chi connectivity index (χ4n) is 3.47. The molecule has 3 rings (SSSR count). The number of H-pyrrole nitrogens is 1. The summed E-state index contributed by atoms with van der Waals surface area (Å²) in [7, 11) is 0. The van der Waals surface area contributed by atoms with Crippen molar-refractivity contribution in [2.24, 2.45) is 0 Å². The number of nitrogens with zero attached hydrogens (tertiary/aromatic N) is 3. The van der Waals surface area contributed by atoms with E-state index in [1.807, 2.05) is 21.6 Å². The van der Waals surface area contributed by atoms with Crippen LogP contribution in [0.1, 0.15) is 38.7 Å². The normalized spacial score (nSPS) is 20.5. The number of likely N-dealkylation sites (tertiary alicyclic amines) is 1. The molecule has 1 aromatic carbocycles. The highest BCUT2D eigenvalue weighted by molar-refractivity contribution is 7.71. The number of hydrogen-bond donors (Lipinski definition) is 1. The Labute approximate surface area is 147 Å². The first-order valence-corrected chi connectivity index (χ1v) is 8.91. The smallest absolute Gasteiger partial charge is 0.224 e. The molecule has 128 valence electrons. The van der Waals surface area contributed by atoms with Crippen molar-refractivity contribution in [2.45, 2.75) is 58.7 Å². The molecular formula is C18H24N4OS. The van der Waals surface area contributed by atoms with Crippen LogP contribution in [0.5, 0.6) is 0 Å². The van der Waals surface area contributed by atoms with Gasteiger partial charge in [-0.15, -0.1) is 0 Å². The van der Waals surface area contributed by atoms with Crippen molar-refractivity contribution < 1.29 is 4.79 Å². The van der Waals surface area contributed by atoms with E-state index in [-0.39, 0.29) is 5.91 Å². The molecule has 6 heteroatoms. The fraction of sp³-hybridized carbons (Fsp3) is 0.500. The first-order chi connectivity index (χ1) is 11.5. The van der Waals surface area contributed by atoms with Crippen molar-refractivity contribution in [1.29, 1.82) is 0 Å². The molecule has 0 spiro atoms. The molecule has 0 bridgehead atoms. The topological polar surface area (TPSA) is 53.9 Å². The van der Waals surface area contributed by atoms with Crippen molar-refractivity contribution in [3.05, 3.63) is 34.6 Å². The lowest BCUT2D eigenvalue weighted by Crippen LogP contribution is -2.38. The van der Waals surface area contributed by atoms with Gasteiger partial charge >= 0.3 is 0 Å². The van der Waals surface area contributed by atoms with Gasteiger partial charge in [-0.05, 0) is 45.8 Å². The van der Waals surface area contributed by atoms with Crippen molar-refractivity contribution in [1.82, 2.24) is 19.7 Å². The van der Waals surface area contributed by atoms with Crippen molar-refractivity contribution in [2.75, 3.05) is 0 Å². The molecule has 24 heavy (non-hydrogen) atoms. The largest absolute Gasteiger partial charge is 0.337 e. The number of aryl methyl sites for hydroxylation is 1. The molecule has 1 aromatic heterocycles. The third kappa shape index (κ3) is 3.29. The number of aromatic amines is 1. The number of hydrogen-bond acceptors (Lipinski definition) is 3. The summed E-state index contributed by atoms with van der Waals surface area (Å²) in [6.07, 6.45) is 2.63. The van der Waals surface area contributed by atoms with E-state index in [1.54, 1.807) is 0 Å². The zero-order valence-corrected chi connectivity index (χ0v) is 15.3. The molecule has 1 aliphatic heterocycles. The lowest BCUT2D eigenvalue weighted by atomic mass is 10.1. The quantitative estimate of drug-likeness (QED) is 0.860. The zero-order valence-electron chi connectivity index (χ0n) is 14.5. The Hall–Kier alpha value is -1.95. The number of carbonyl (C=O) groups excluding carboxylic acids is 1. The van der Waals surface area contributed by atoms with Crippen LogP contribution in [0.25, 0.3) is 11.4 Å². The van der Waals surface area contributed by atoms with Gasteiger partial charge in [-0.1, -0.05) is 29.8 Å². The van der Waals surface area contributed by atoms with Crippen molar-refractivity contribution >= 4 is 18.1 Å². The Morgan fingerprint density at radius 1 is 1.25 bits per heavy atom. The average molecular weight is 344 g/mol. The predicted molar refractivity (Wildman–Crippen MR) is 97.2 cm³/mol. The average Bonchev–Trinajstić information content (AvgIpc) is 3.08. The maximum absolute atomic E-state index is 12.6. The highest BCUT2D eigenvalue weighted by Gasteiger charge is 2.30. The molecule has 5 nitrogen and oxygen atoms in total. The molecule has 0 radical (unpaired) electrons. The number of aromatic nitrogens is 3. The van der Waals surface area contributed by atoms with Gasteiger partial charge in [0.1, 0.15) is 0 Å². The van der Waals surface area contributed by atoms with E-state index in [0.29, 0.717) is 29.8 Å². The van der Waals surface area contributed by atoms with E-state index in [2.05, 4.69) is 43.1 Å². The van der Waals surface area contributed by atoms with Crippen LogP contribution in [0.3, 0.4) is 0 Å². The summed E-state index contributed by atoms with van der Waals surface area (Å²) >= 11 is 5.35. The Morgan fingerprint density at radius 3 is 2.50 bits per heavy atom. The second-order valence-corrected chi connectivity index (χ2v) is 7.08. The summed E-state index contributed by atoms with van der Waals surface area (Å²) in [5.74, 6) is 0.987. The first-order valence-electron chi connectivity index (χ1n) is 8.51. The van der Waals surface area contributed by atoms with Crippen molar-refractivity contribution in [3.63, 3.8) is 0 Å². The molecule has 1 aliphatic rings. The van der Waals surface area contributed by atoms with Crippen LogP contribution in [0.4, 0.5) is 0 Å². The molecule has 0 aliphatic carbocycles. The molecule has 2 aromatic rings. The molecule has 0 saturated carbocycles. The molecule has 1 saturated heterocycles. The SMILES string of the molecule is Cc1ccc(-c2n[nH]c(=S)n2CCC(=O)N2[C@H](C)CC[C@@H]2C)cc1. The minimum absolute atomic E-state index is 0.199. The number of amides is 1. The van der Waals surface area contributed by atoms with Gasteiger partial charge in [-0.2, -0.15) is 5.10 Å². The minimum atomic E-state index is 0.199. The second-order valence-electron chi connectivity index (χ2n) is 6.70. The van der Waals surface area contributed by atoms with Gasteiger partial charge in [0.15, 0.2) is 10.6 Å². The van der Waals surface area contributed by atoms with Crippen LogP contribution >= 0.6 is 12.2 Å². The van der Waals surface area contributed by atoms with Gasteiger partial charge in [-0.25, -0.2) is 0 Å². The maximum Gasteiger partial charge on any atom is 0.224 e. The molecule has 0 unspecified atom stereocenters. The maximum atomic E-state index is 12.6. The molecule has 1 N–H and O–H groups in total. The summed E-state index contributed by atoms with van der Waals surface area (Å²) in [6.45, 7) is 6.86. The molecule has 1 fully saturated rings. The standard InChI is InChI=1S/C18H24N4OS/c1-12-4-8-15(9-5-12)17-19-20-18(24)21(17)11-10-16(23)22-13(2)6-7-14(22)3/h4-5,8-9,13-14H,6-7,10-11H2,1-3H3,(H,20,24)/t13-,14+. The highest BCUT2D eigenvalue weighted by Crippen LogP contribution is 2.25. The van der Waals surface area contributed by atoms with Crippen LogP contribution in [-0.2, 0) is 11.3 Å². The lowest BCUT2D eigenvalue weighted by Gasteiger charge is -2.26. The third-order valence-electron chi connectivity index (χ3n) is 4.86. The lowest BCUT2D eigenvalue weighted by molar-refractivity contribution is -0.133. The molecule has 2 atom stereocenters. The summed E-state index contributed by atoms with van der Waals surface area (Å²) in [6, 6.07) is 8.83. The van der Waals surface area contributed by atoms with E-state index >= 15 is 0 Å². The van der Waals surface area contributed by atoms with Crippen LogP contribution in [0, 0.1) is 11.7 Å². The zero-order chi connectivity index (χ0) is 17.3. The Kier molecular flexibility index (Phi) is 4.85. The predicted octanol–water partition coefficient (Wildman–Crippen LogP) is 3.71. The van der Waals surface area contributed by atoms with E-state index in [4.69, 9.17) is 12.2 Å². The summed E-state index contributed by atoms with van der Waals surface area (Å²) in [5.41, 5.74) is 2.20. The Morgan fingerprint density at radius 2 is 1.88 bits per heavy atom. The van der Waals surface area contributed by atoms with Gasteiger partial charge < -0.3 is 4.90 Å². The molecular weight excluding hydrogens is 320 g/mol. The van der Waals surface area contributed by atoms with Crippen LogP contribution in [0.2, 0.25) is 0 Å². The van der Waals surface area contributed by atoms with Crippen LogP contribution in [0.15, 0.2) is 24.3 Å². The van der Waals surface area contributed by atoms with E-state index in [1.165, 1.54) is 5.56 Å². The fourth-order valence-corrected chi connectivity index (χ4v) is 3.69. The van der Waals surface area contributed by atoms with Crippen LogP contribution in [-0.4, -0.2) is 37.7 Å². The second kappa shape index (κ2) is 6.89. The van der Waals surface area contributed by atoms with Gasteiger partial charge in [0.05, 0.1) is 0 Å². The van der Waals surface area contributed by atoms with E-state index in [9.17, 15) is 4.79 Å². The first kappa shape index (κ1) is 16.9. The number of benzene rings is 1. The van der Waals surface area contributed by atoms with E-state index < -0.39 is 0 Å². The summed E-state index contributed by atoms with van der Waals surface area (Å²) in [4.78, 5) is 14.6. The minimum Gasteiger partial charge on any atom is -0.337 e. The monoisotopic (exact) mass is 344 g/mol. The van der Waals surface area contributed by atoms with E-state index in [0.717, 1.165) is 24.2 Å². The number of carbonyl (C=O) groups is 1. The third-order valence-corrected chi connectivity index (χ3v) is 5.17. The highest BCUT2D eigenvalue weighted by atomic mass is 32.1. The number of nitrogens with one attached hydrogen (secondary N) is 1. The van der Waals surface area contributed by atoms with Gasteiger partial charge in [0.2, 0.25) is 5.91 Å². The summed E-state index contributed by atoms with van der Waals surface area (Å²) < 4.78 is 2.48. The Balaban J connectivity index is 1.76. The van der Waals surface area contributed by atoms with Gasteiger partial charge in [0, 0.05) is 30.6 Å². The number of rotatable bonds is 4. The van der Waals surface area contributed by atoms with Crippen LogP contribution < -0.4 is 0 Å². The van der Waals surface area contributed by atoms with Gasteiger partial charge in [0.25, 0.3) is 0 Å². The summed E-state index contributed by atoms with van der Waals surface area (Å²) in [5, 5.41) is 7.19.